The molecule has 0 aromatic heterocycles. The zero-order chi connectivity index (χ0) is 12.9. The molecule has 2 aliphatic rings. The van der Waals surface area contributed by atoms with E-state index in [1.54, 1.807) is 0 Å². The van der Waals surface area contributed by atoms with E-state index in [9.17, 15) is 0 Å². The van der Waals surface area contributed by atoms with Crippen molar-refractivity contribution in [3.63, 3.8) is 0 Å². The van der Waals surface area contributed by atoms with Gasteiger partial charge in [0, 0.05) is 30.5 Å². The first-order valence-electron chi connectivity index (χ1n) is 7.32. The van der Waals surface area contributed by atoms with Crippen LogP contribution in [0.1, 0.15) is 12.8 Å². The first-order chi connectivity index (χ1) is 9.42. The Kier molecular flexibility index (Phi) is 4.20. The van der Waals surface area contributed by atoms with Gasteiger partial charge in [0.1, 0.15) is 0 Å². The largest absolute Gasteiger partial charge is 0.382 e. The van der Waals surface area contributed by atoms with Gasteiger partial charge in [0.15, 0.2) is 0 Å². The van der Waals surface area contributed by atoms with Gasteiger partial charge in [-0.15, -0.1) is 0 Å². The van der Waals surface area contributed by atoms with Crippen LogP contribution in [0.15, 0.2) is 24.3 Å². The summed E-state index contributed by atoms with van der Waals surface area (Å²) in [6.45, 7) is 5.94. The second kappa shape index (κ2) is 6.26. The van der Waals surface area contributed by atoms with E-state index in [2.05, 4.69) is 39.8 Å². The molecule has 0 atom stereocenters. The summed E-state index contributed by atoms with van der Waals surface area (Å²) in [5.41, 5.74) is 2.54. The molecule has 19 heavy (non-hydrogen) atoms. The number of morpholine rings is 1. The normalized spacial score (nSPS) is 21.4. The van der Waals surface area contributed by atoms with E-state index in [1.165, 1.54) is 24.2 Å². The molecule has 104 valence electrons. The van der Waals surface area contributed by atoms with Crippen molar-refractivity contribution < 1.29 is 4.74 Å². The molecule has 1 aromatic rings. The highest BCUT2D eigenvalue weighted by molar-refractivity contribution is 5.55. The van der Waals surface area contributed by atoms with Gasteiger partial charge in [-0.3, -0.25) is 0 Å². The van der Waals surface area contributed by atoms with Crippen molar-refractivity contribution in [1.29, 1.82) is 0 Å². The number of benzene rings is 1. The molecule has 0 spiro atoms. The summed E-state index contributed by atoms with van der Waals surface area (Å²) >= 11 is 0. The van der Waals surface area contributed by atoms with Gasteiger partial charge in [0.05, 0.1) is 13.2 Å². The summed E-state index contributed by atoms with van der Waals surface area (Å²) in [6, 6.07) is 9.46. The molecule has 2 aliphatic heterocycles. The Morgan fingerprint density at radius 3 is 2.42 bits per heavy atom. The van der Waals surface area contributed by atoms with Crippen LogP contribution >= 0.6 is 0 Å². The van der Waals surface area contributed by atoms with E-state index in [-0.39, 0.29) is 0 Å². The summed E-state index contributed by atoms with van der Waals surface area (Å²) in [7, 11) is 0. The average Bonchev–Trinajstić information content (AvgIpc) is 2.50. The maximum absolute atomic E-state index is 5.39. The van der Waals surface area contributed by atoms with Crippen molar-refractivity contribution in [2.24, 2.45) is 0 Å². The van der Waals surface area contributed by atoms with Gasteiger partial charge in [0.25, 0.3) is 0 Å². The van der Waals surface area contributed by atoms with Crippen LogP contribution in [-0.2, 0) is 4.74 Å². The van der Waals surface area contributed by atoms with Gasteiger partial charge >= 0.3 is 0 Å². The summed E-state index contributed by atoms with van der Waals surface area (Å²) in [5.74, 6) is 0. The quantitative estimate of drug-likeness (QED) is 0.868. The van der Waals surface area contributed by atoms with E-state index in [0.717, 1.165) is 39.4 Å². The van der Waals surface area contributed by atoms with E-state index in [4.69, 9.17) is 4.74 Å². The minimum atomic E-state index is 0.621. The first-order valence-corrected chi connectivity index (χ1v) is 7.32. The minimum Gasteiger partial charge on any atom is -0.382 e. The zero-order valence-electron chi connectivity index (χ0n) is 11.4. The van der Waals surface area contributed by atoms with E-state index in [0.29, 0.717) is 6.04 Å². The number of anilines is 2. The molecule has 4 heteroatoms. The molecule has 3 rings (SSSR count). The number of nitrogens with one attached hydrogen (secondary N) is 2. The van der Waals surface area contributed by atoms with Gasteiger partial charge in [0.2, 0.25) is 0 Å². The van der Waals surface area contributed by atoms with Crippen LogP contribution in [0.3, 0.4) is 0 Å². The second-order valence-electron chi connectivity index (χ2n) is 5.31. The maximum atomic E-state index is 5.39. The molecule has 0 saturated carbocycles. The third-order valence-corrected chi connectivity index (χ3v) is 3.95. The molecule has 0 radical (unpaired) electrons. The third-order valence-electron chi connectivity index (χ3n) is 3.95. The molecular formula is C15H23N3O. The van der Waals surface area contributed by atoms with Gasteiger partial charge in [-0.2, -0.15) is 0 Å². The lowest BCUT2D eigenvalue weighted by Crippen LogP contribution is -2.36. The number of hydrogen-bond acceptors (Lipinski definition) is 4. The van der Waals surface area contributed by atoms with Crippen LogP contribution in [0.2, 0.25) is 0 Å². The molecule has 2 heterocycles. The third kappa shape index (κ3) is 3.39. The van der Waals surface area contributed by atoms with Gasteiger partial charge in [-0.25, -0.2) is 0 Å². The molecule has 2 N–H and O–H groups in total. The lowest BCUT2D eigenvalue weighted by atomic mass is 10.1. The van der Waals surface area contributed by atoms with E-state index >= 15 is 0 Å². The number of rotatable bonds is 3. The molecule has 0 bridgehead atoms. The van der Waals surface area contributed by atoms with Crippen molar-refractivity contribution in [1.82, 2.24) is 5.32 Å². The number of piperidine rings is 1. The van der Waals surface area contributed by atoms with Crippen LogP contribution in [-0.4, -0.2) is 45.4 Å². The maximum Gasteiger partial charge on any atom is 0.0642 e. The fourth-order valence-corrected chi connectivity index (χ4v) is 2.79. The first kappa shape index (κ1) is 12.8. The van der Waals surface area contributed by atoms with Crippen molar-refractivity contribution in [3.05, 3.63) is 24.3 Å². The molecule has 2 saturated heterocycles. The minimum absolute atomic E-state index is 0.621. The lowest BCUT2D eigenvalue weighted by Gasteiger charge is -2.29. The predicted octanol–water partition coefficient (Wildman–Crippen LogP) is 1.69. The van der Waals surface area contributed by atoms with Crippen LogP contribution in [0.25, 0.3) is 0 Å². The highest BCUT2D eigenvalue weighted by Crippen LogP contribution is 2.20. The molecule has 2 fully saturated rings. The predicted molar refractivity (Wildman–Crippen MR) is 79.0 cm³/mol. The second-order valence-corrected chi connectivity index (χ2v) is 5.31. The molecule has 0 unspecified atom stereocenters. The Hall–Kier alpha value is -1.26. The fourth-order valence-electron chi connectivity index (χ4n) is 2.79. The van der Waals surface area contributed by atoms with Gasteiger partial charge in [-0.1, -0.05) is 0 Å². The molecule has 1 aromatic carbocycles. The highest BCUT2D eigenvalue weighted by Gasteiger charge is 2.13. The van der Waals surface area contributed by atoms with Crippen LogP contribution in [0.4, 0.5) is 11.4 Å². The van der Waals surface area contributed by atoms with Crippen molar-refractivity contribution in [2.75, 3.05) is 49.6 Å². The SMILES string of the molecule is c1cc(N2CCOCC2)ccc1NC1CCNCC1. The fraction of sp³-hybridized carbons (Fsp3) is 0.600. The zero-order valence-corrected chi connectivity index (χ0v) is 11.4. The van der Waals surface area contributed by atoms with Crippen LogP contribution in [0.5, 0.6) is 0 Å². The molecule has 0 aliphatic carbocycles. The average molecular weight is 261 g/mol. The van der Waals surface area contributed by atoms with E-state index < -0.39 is 0 Å². The standard InChI is InChI=1S/C15H23N3O/c1-3-15(18-9-11-19-12-10-18)4-2-13(1)17-14-5-7-16-8-6-14/h1-4,14,16-17H,5-12H2. The van der Waals surface area contributed by atoms with Crippen molar-refractivity contribution in [3.8, 4) is 0 Å². The topological polar surface area (TPSA) is 36.5 Å². The van der Waals surface area contributed by atoms with Crippen LogP contribution < -0.4 is 15.5 Å². The van der Waals surface area contributed by atoms with Crippen molar-refractivity contribution >= 4 is 11.4 Å². The molecule has 0 amide bonds. The Balaban J connectivity index is 1.58. The highest BCUT2D eigenvalue weighted by atomic mass is 16.5. The Bertz CT molecular complexity index is 381. The number of hydrogen-bond donors (Lipinski definition) is 2. The van der Waals surface area contributed by atoms with Gasteiger partial charge in [-0.05, 0) is 50.2 Å². The summed E-state index contributed by atoms with van der Waals surface area (Å²) in [6.07, 6.45) is 2.43. The number of nitrogens with zero attached hydrogens (tertiary/aromatic N) is 1. The van der Waals surface area contributed by atoms with Gasteiger partial charge < -0.3 is 20.3 Å². The summed E-state index contributed by atoms with van der Waals surface area (Å²) < 4.78 is 5.39. The Labute approximate surface area is 115 Å². The Morgan fingerprint density at radius 1 is 1.05 bits per heavy atom. The lowest BCUT2D eigenvalue weighted by molar-refractivity contribution is 0.122. The van der Waals surface area contributed by atoms with E-state index in [1.807, 2.05) is 0 Å². The van der Waals surface area contributed by atoms with Crippen molar-refractivity contribution in [2.45, 2.75) is 18.9 Å². The summed E-state index contributed by atoms with van der Waals surface area (Å²) in [4.78, 5) is 2.39. The Morgan fingerprint density at radius 2 is 1.74 bits per heavy atom. The van der Waals surface area contributed by atoms with Crippen LogP contribution in [0, 0.1) is 0 Å². The monoisotopic (exact) mass is 261 g/mol. The smallest absolute Gasteiger partial charge is 0.0642 e. The molecule has 4 nitrogen and oxygen atoms in total. The summed E-state index contributed by atoms with van der Waals surface area (Å²) in [5, 5.41) is 7.02. The number of ether oxygens (including phenoxy) is 1. The molecular weight excluding hydrogens is 238 g/mol.